The van der Waals surface area contributed by atoms with E-state index < -0.39 is 0 Å². The number of hydrogen-bond donors (Lipinski definition) is 2. The second-order valence-corrected chi connectivity index (χ2v) is 5.67. The molecule has 1 heterocycles. The predicted molar refractivity (Wildman–Crippen MR) is 91.4 cm³/mol. The Morgan fingerprint density at radius 1 is 1.17 bits per heavy atom. The predicted octanol–water partition coefficient (Wildman–Crippen LogP) is 3.55. The summed E-state index contributed by atoms with van der Waals surface area (Å²) < 4.78 is 13.2. The molecule has 0 saturated heterocycles. The molecule has 23 heavy (non-hydrogen) atoms. The molecule has 0 aliphatic heterocycles. The van der Waals surface area contributed by atoms with Crippen molar-refractivity contribution in [1.82, 2.24) is 4.98 Å². The largest absolute Gasteiger partial charge is 0.378 e. The maximum atomic E-state index is 13.2. The third-order valence-electron chi connectivity index (χ3n) is 3.75. The van der Waals surface area contributed by atoms with E-state index in [-0.39, 0.29) is 18.1 Å². The molecule has 1 aromatic heterocycles. The van der Waals surface area contributed by atoms with Crippen LogP contribution in [0.4, 0.5) is 15.8 Å². The highest BCUT2D eigenvalue weighted by Crippen LogP contribution is 2.21. The molecule has 0 aliphatic carbocycles. The summed E-state index contributed by atoms with van der Waals surface area (Å²) >= 11 is 0. The van der Waals surface area contributed by atoms with Crippen LogP contribution in [-0.2, 0) is 11.2 Å². The van der Waals surface area contributed by atoms with Gasteiger partial charge in [-0.3, -0.25) is 4.79 Å². The van der Waals surface area contributed by atoms with Crippen LogP contribution in [-0.4, -0.2) is 25.0 Å². The van der Waals surface area contributed by atoms with Gasteiger partial charge in [0.05, 0.1) is 6.42 Å². The molecular formula is C18H18FN3O. The molecule has 0 spiro atoms. The van der Waals surface area contributed by atoms with Gasteiger partial charge < -0.3 is 15.2 Å². The molecule has 0 aliphatic rings. The fourth-order valence-electron chi connectivity index (χ4n) is 2.53. The Labute approximate surface area is 133 Å². The third-order valence-corrected chi connectivity index (χ3v) is 3.75. The maximum absolute atomic E-state index is 13.2. The van der Waals surface area contributed by atoms with Crippen molar-refractivity contribution in [3.05, 3.63) is 60.0 Å². The van der Waals surface area contributed by atoms with Gasteiger partial charge in [0.2, 0.25) is 5.91 Å². The van der Waals surface area contributed by atoms with Gasteiger partial charge in [0.15, 0.2) is 0 Å². The highest BCUT2D eigenvalue weighted by Gasteiger charge is 2.10. The van der Waals surface area contributed by atoms with Crippen LogP contribution in [0.3, 0.4) is 0 Å². The van der Waals surface area contributed by atoms with Crippen LogP contribution in [0.5, 0.6) is 0 Å². The van der Waals surface area contributed by atoms with Crippen LogP contribution in [0.1, 0.15) is 5.56 Å². The van der Waals surface area contributed by atoms with Crippen molar-refractivity contribution in [2.24, 2.45) is 0 Å². The standard InChI is InChI=1S/C18H18FN3O/c1-22(2)15-6-4-14(5-7-15)21-18(23)9-12-11-20-17-10-13(19)3-8-16(12)17/h3-8,10-11,20H,9H2,1-2H3,(H,21,23). The van der Waals surface area contributed by atoms with Crippen LogP contribution >= 0.6 is 0 Å². The molecule has 0 fully saturated rings. The first-order valence-corrected chi connectivity index (χ1v) is 7.35. The molecule has 0 unspecified atom stereocenters. The first-order chi connectivity index (χ1) is 11.0. The molecule has 0 radical (unpaired) electrons. The smallest absolute Gasteiger partial charge is 0.228 e. The zero-order valence-electron chi connectivity index (χ0n) is 13.1. The van der Waals surface area contributed by atoms with Gasteiger partial charge in [-0.2, -0.15) is 0 Å². The molecular weight excluding hydrogens is 293 g/mol. The minimum absolute atomic E-state index is 0.104. The number of anilines is 2. The van der Waals surface area contributed by atoms with E-state index in [4.69, 9.17) is 0 Å². The van der Waals surface area contributed by atoms with Crippen LogP contribution in [0, 0.1) is 5.82 Å². The summed E-state index contributed by atoms with van der Waals surface area (Å²) in [5, 5.41) is 3.74. The number of aromatic nitrogens is 1. The molecule has 3 rings (SSSR count). The number of benzene rings is 2. The van der Waals surface area contributed by atoms with E-state index in [9.17, 15) is 9.18 Å². The molecule has 3 aromatic rings. The van der Waals surface area contributed by atoms with E-state index in [0.29, 0.717) is 5.52 Å². The number of amides is 1. The summed E-state index contributed by atoms with van der Waals surface area (Å²) in [5.74, 6) is -0.399. The summed E-state index contributed by atoms with van der Waals surface area (Å²) in [5.41, 5.74) is 3.37. The summed E-state index contributed by atoms with van der Waals surface area (Å²) in [7, 11) is 3.93. The summed E-state index contributed by atoms with van der Waals surface area (Å²) in [6.07, 6.45) is 1.99. The lowest BCUT2D eigenvalue weighted by Gasteiger charge is -2.13. The SMILES string of the molecule is CN(C)c1ccc(NC(=O)Cc2c[nH]c3cc(F)ccc23)cc1. The molecule has 118 valence electrons. The quantitative estimate of drug-likeness (QED) is 0.774. The van der Waals surface area contributed by atoms with Gasteiger partial charge >= 0.3 is 0 Å². The Kier molecular flexibility index (Phi) is 4.02. The van der Waals surface area contributed by atoms with Crippen molar-refractivity contribution in [2.45, 2.75) is 6.42 Å². The highest BCUT2D eigenvalue weighted by molar-refractivity contribution is 5.95. The number of nitrogens with zero attached hydrogens (tertiary/aromatic N) is 1. The van der Waals surface area contributed by atoms with E-state index >= 15 is 0 Å². The lowest BCUT2D eigenvalue weighted by Crippen LogP contribution is -2.14. The Balaban J connectivity index is 1.71. The number of carbonyl (C=O) groups is 1. The normalized spacial score (nSPS) is 10.7. The van der Waals surface area contributed by atoms with Gasteiger partial charge in [-0.1, -0.05) is 0 Å². The number of H-pyrrole nitrogens is 1. The Morgan fingerprint density at radius 3 is 2.61 bits per heavy atom. The summed E-state index contributed by atoms with van der Waals surface area (Å²) in [4.78, 5) is 17.2. The fourth-order valence-corrected chi connectivity index (χ4v) is 2.53. The van der Waals surface area contributed by atoms with Gasteiger partial charge in [-0.05, 0) is 48.0 Å². The monoisotopic (exact) mass is 311 g/mol. The molecule has 4 nitrogen and oxygen atoms in total. The van der Waals surface area contributed by atoms with Crippen molar-refractivity contribution < 1.29 is 9.18 Å². The van der Waals surface area contributed by atoms with Gasteiger partial charge in [0.1, 0.15) is 5.82 Å². The van der Waals surface area contributed by atoms with Gasteiger partial charge in [-0.25, -0.2) is 4.39 Å². The number of hydrogen-bond acceptors (Lipinski definition) is 2. The molecule has 2 aromatic carbocycles. The van der Waals surface area contributed by atoms with Crippen LogP contribution in [0.2, 0.25) is 0 Å². The third kappa shape index (κ3) is 3.34. The van der Waals surface area contributed by atoms with Crippen molar-refractivity contribution in [2.75, 3.05) is 24.3 Å². The van der Waals surface area contributed by atoms with Crippen molar-refractivity contribution >= 4 is 28.2 Å². The summed E-state index contributed by atoms with van der Waals surface area (Å²) in [6.45, 7) is 0. The Hall–Kier alpha value is -2.82. The number of nitrogens with one attached hydrogen (secondary N) is 2. The topological polar surface area (TPSA) is 48.1 Å². The van der Waals surface area contributed by atoms with Crippen LogP contribution < -0.4 is 10.2 Å². The van der Waals surface area contributed by atoms with Crippen LogP contribution in [0.15, 0.2) is 48.7 Å². The second kappa shape index (κ2) is 6.12. The van der Waals surface area contributed by atoms with Gasteiger partial charge in [0, 0.05) is 42.6 Å². The molecule has 0 atom stereocenters. The zero-order chi connectivity index (χ0) is 16.4. The van der Waals surface area contributed by atoms with Crippen molar-refractivity contribution in [3.8, 4) is 0 Å². The lowest BCUT2D eigenvalue weighted by molar-refractivity contribution is -0.115. The average Bonchev–Trinajstić information content (AvgIpc) is 2.89. The zero-order valence-corrected chi connectivity index (χ0v) is 13.1. The Morgan fingerprint density at radius 2 is 1.91 bits per heavy atom. The second-order valence-electron chi connectivity index (χ2n) is 5.67. The molecule has 1 amide bonds. The van der Waals surface area contributed by atoms with Gasteiger partial charge in [-0.15, -0.1) is 0 Å². The average molecular weight is 311 g/mol. The minimum atomic E-state index is -0.295. The van der Waals surface area contributed by atoms with E-state index in [0.717, 1.165) is 22.3 Å². The van der Waals surface area contributed by atoms with E-state index in [1.54, 1.807) is 12.3 Å². The summed E-state index contributed by atoms with van der Waals surface area (Å²) in [6, 6.07) is 12.2. The van der Waals surface area contributed by atoms with E-state index in [1.807, 2.05) is 43.3 Å². The molecule has 2 N–H and O–H groups in total. The fraction of sp³-hybridized carbons (Fsp3) is 0.167. The molecule has 5 heteroatoms. The molecule has 0 saturated carbocycles. The number of fused-ring (bicyclic) bond motifs is 1. The van der Waals surface area contributed by atoms with Crippen LogP contribution in [0.25, 0.3) is 10.9 Å². The number of halogens is 1. The molecule has 0 bridgehead atoms. The highest BCUT2D eigenvalue weighted by atomic mass is 19.1. The Bertz CT molecular complexity index is 837. The van der Waals surface area contributed by atoms with E-state index in [1.165, 1.54) is 12.1 Å². The lowest BCUT2D eigenvalue weighted by atomic mass is 10.1. The number of aromatic amines is 1. The van der Waals surface area contributed by atoms with Crippen molar-refractivity contribution in [1.29, 1.82) is 0 Å². The maximum Gasteiger partial charge on any atom is 0.228 e. The first-order valence-electron chi connectivity index (χ1n) is 7.35. The number of rotatable bonds is 4. The van der Waals surface area contributed by atoms with E-state index in [2.05, 4.69) is 10.3 Å². The van der Waals surface area contributed by atoms with Crippen molar-refractivity contribution in [3.63, 3.8) is 0 Å². The first kappa shape index (κ1) is 15.1. The van der Waals surface area contributed by atoms with Gasteiger partial charge in [0.25, 0.3) is 0 Å². The minimum Gasteiger partial charge on any atom is -0.378 e. The number of carbonyl (C=O) groups excluding carboxylic acids is 1.